The fourth-order valence-electron chi connectivity index (χ4n) is 3.72. The molecule has 1 amide bonds. The molecule has 6 heteroatoms. The van der Waals surface area contributed by atoms with Crippen LogP contribution in [0.4, 0.5) is 0 Å². The number of amides is 1. The van der Waals surface area contributed by atoms with Crippen LogP contribution in [0.25, 0.3) is 22.3 Å². The summed E-state index contributed by atoms with van der Waals surface area (Å²) in [6.45, 7) is 3.47. The molecule has 34 heavy (non-hydrogen) atoms. The third kappa shape index (κ3) is 5.18. The number of para-hydroxylation sites is 1. The Labute approximate surface area is 198 Å². The molecule has 0 saturated carbocycles. The lowest BCUT2D eigenvalue weighted by Crippen LogP contribution is -2.23. The zero-order valence-corrected chi connectivity index (χ0v) is 19.6. The van der Waals surface area contributed by atoms with Gasteiger partial charge >= 0.3 is 0 Å². The molecule has 3 aromatic carbocycles. The summed E-state index contributed by atoms with van der Waals surface area (Å²) in [6.07, 6.45) is 0. The van der Waals surface area contributed by atoms with E-state index in [9.17, 15) is 9.59 Å². The Morgan fingerprint density at radius 3 is 2.53 bits per heavy atom. The van der Waals surface area contributed by atoms with Crippen LogP contribution in [0.5, 0.6) is 5.75 Å². The SMILES string of the molecule is Cc1c(-c2ccccc2)oc2c(C(=O)NCc3cccc(OCCN(C)C)c3)cccc2c1=O. The maximum Gasteiger partial charge on any atom is 0.255 e. The van der Waals surface area contributed by atoms with E-state index in [0.29, 0.717) is 35.4 Å². The van der Waals surface area contributed by atoms with Crippen LogP contribution >= 0.6 is 0 Å². The summed E-state index contributed by atoms with van der Waals surface area (Å²) in [5.74, 6) is 0.921. The molecular weight excluding hydrogens is 428 g/mol. The molecule has 0 radical (unpaired) electrons. The van der Waals surface area contributed by atoms with Crippen molar-refractivity contribution in [3.8, 4) is 17.1 Å². The molecule has 0 spiro atoms. The number of likely N-dealkylation sites (N-methyl/N-ethyl adjacent to an activating group) is 1. The molecule has 0 saturated heterocycles. The second-order valence-electron chi connectivity index (χ2n) is 8.42. The first-order valence-corrected chi connectivity index (χ1v) is 11.2. The van der Waals surface area contributed by atoms with E-state index in [0.717, 1.165) is 23.4 Å². The highest BCUT2D eigenvalue weighted by Crippen LogP contribution is 2.27. The molecule has 0 bridgehead atoms. The number of fused-ring (bicyclic) bond motifs is 1. The molecule has 4 rings (SSSR count). The second-order valence-corrected chi connectivity index (χ2v) is 8.42. The van der Waals surface area contributed by atoms with Gasteiger partial charge in [-0.15, -0.1) is 0 Å². The monoisotopic (exact) mass is 456 g/mol. The maximum atomic E-state index is 13.1. The number of hydrogen-bond donors (Lipinski definition) is 1. The largest absolute Gasteiger partial charge is 0.492 e. The van der Waals surface area contributed by atoms with Crippen LogP contribution in [0.2, 0.25) is 0 Å². The van der Waals surface area contributed by atoms with Crippen LogP contribution in [0.3, 0.4) is 0 Å². The smallest absolute Gasteiger partial charge is 0.255 e. The molecule has 0 fully saturated rings. The van der Waals surface area contributed by atoms with E-state index in [2.05, 4.69) is 10.2 Å². The van der Waals surface area contributed by atoms with Gasteiger partial charge in [0.25, 0.3) is 5.91 Å². The van der Waals surface area contributed by atoms with Crippen LogP contribution < -0.4 is 15.5 Å². The van der Waals surface area contributed by atoms with Crippen LogP contribution in [-0.4, -0.2) is 38.1 Å². The Bertz CT molecular complexity index is 1360. The number of carbonyl (C=O) groups excluding carboxylic acids is 1. The van der Waals surface area contributed by atoms with Gasteiger partial charge in [-0.3, -0.25) is 9.59 Å². The van der Waals surface area contributed by atoms with Gasteiger partial charge in [-0.05, 0) is 50.8 Å². The predicted molar refractivity (Wildman–Crippen MR) is 134 cm³/mol. The number of nitrogens with zero attached hydrogens (tertiary/aromatic N) is 1. The van der Waals surface area contributed by atoms with Crippen molar-refractivity contribution in [2.45, 2.75) is 13.5 Å². The Morgan fingerprint density at radius 2 is 1.76 bits per heavy atom. The minimum atomic E-state index is -0.310. The molecular formula is C28H28N2O4. The predicted octanol–water partition coefficient (Wildman–Crippen LogP) is 4.64. The van der Waals surface area contributed by atoms with E-state index in [-0.39, 0.29) is 16.9 Å². The van der Waals surface area contributed by atoms with Gasteiger partial charge < -0.3 is 19.4 Å². The first-order chi connectivity index (χ1) is 16.4. The molecule has 0 aliphatic rings. The Kier molecular flexibility index (Phi) is 7.09. The van der Waals surface area contributed by atoms with Crippen molar-refractivity contribution in [3.63, 3.8) is 0 Å². The molecule has 1 aromatic heterocycles. The zero-order chi connectivity index (χ0) is 24.1. The Balaban J connectivity index is 1.58. The van der Waals surface area contributed by atoms with Crippen LogP contribution in [0.1, 0.15) is 21.5 Å². The van der Waals surface area contributed by atoms with Crippen molar-refractivity contribution >= 4 is 16.9 Å². The summed E-state index contributed by atoms with van der Waals surface area (Å²) < 4.78 is 11.9. The topological polar surface area (TPSA) is 71.8 Å². The number of hydrogen-bond acceptors (Lipinski definition) is 5. The first kappa shape index (κ1) is 23.3. The zero-order valence-electron chi connectivity index (χ0n) is 19.6. The fourth-order valence-corrected chi connectivity index (χ4v) is 3.72. The molecule has 0 aliphatic heterocycles. The molecule has 0 aliphatic carbocycles. The first-order valence-electron chi connectivity index (χ1n) is 11.2. The Morgan fingerprint density at radius 1 is 1.00 bits per heavy atom. The number of carbonyl (C=O) groups is 1. The minimum Gasteiger partial charge on any atom is -0.492 e. The van der Waals surface area contributed by atoms with Gasteiger partial charge in [-0.25, -0.2) is 0 Å². The van der Waals surface area contributed by atoms with Gasteiger partial charge in [0.1, 0.15) is 18.1 Å². The van der Waals surface area contributed by atoms with E-state index in [1.165, 1.54) is 0 Å². The average Bonchev–Trinajstić information content (AvgIpc) is 2.85. The van der Waals surface area contributed by atoms with Gasteiger partial charge in [0, 0.05) is 24.2 Å². The quantitative estimate of drug-likeness (QED) is 0.418. The molecule has 0 atom stereocenters. The maximum absolute atomic E-state index is 13.1. The fraction of sp³-hybridized carbons (Fsp3) is 0.214. The summed E-state index contributed by atoms with van der Waals surface area (Å²) in [6, 6.07) is 22.1. The van der Waals surface area contributed by atoms with E-state index in [4.69, 9.17) is 9.15 Å². The van der Waals surface area contributed by atoms with Crippen molar-refractivity contribution in [3.05, 3.63) is 99.7 Å². The minimum absolute atomic E-state index is 0.141. The van der Waals surface area contributed by atoms with Crippen molar-refractivity contribution in [1.82, 2.24) is 10.2 Å². The molecule has 174 valence electrons. The van der Waals surface area contributed by atoms with E-state index < -0.39 is 0 Å². The lowest BCUT2D eigenvalue weighted by molar-refractivity contribution is 0.0951. The van der Waals surface area contributed by atoms with Gasteiger partial charge in [0.15, 0.2) is 11.0 Å². The molecule has 4 aromatic rings. The van der Waals surface area contributed by atoms with Gasteiger partial charge in [0.05, 0.1) is 10.9 Å². The van der Waals surface area contributed by atoms with Gasteiger partial charge in [-0.1, -0.05) is 48.5 Å². The van der Waals surface area contributed by atoms with Crippen LogP contribution in [-0.2, 0) is 6.54 Å². The molecule has 0 unspecified atom stereocenters. The van der Waals surface area contributed by atoms with Gasteiger partial charge in [-0.2, -0.15) is 0 Å². The van der Waals surface area contributed by atoms with Crippen molar-refractivity contribution in [2.24, 2.45) is 0 Å². The van der Waals surface area contributed by atoms with Crippen molar-refractivity contribution in [2.75, 3.05) is 27.2 Å². The van der Waals surface area contributed by atoms with E-state index >= 15 is 0 Å². The third-order valence-electron chi connectivity index (χ3n) is 5.58. The number of benzene rings is 3. The van der Waals surface area contributed by atoms with Crippen molar-refractivity contribution in [1.29, 1.82) is 0 Å². The summed E-state index contributed by atoms with van der Waals surface area (Å²) in [7, 11) is 3.99. The highest BCUT2D eigenvalue weighted by molar-refractivity contribution is 6.05. The molecule has 1 N–H and O–H groups in total. The van der Waals surface area contributed by atoms with Crippen LogP contribution in [0.15, 0.2) is 82.0 Å². The lowest BCUT2D eigenvalue weighted by Gasteiger charge is -2.13. The summed E-state index contributed by atoms with van der Waals surface area (Å²) in [5, 5.41) is 3.33. The molecule has 6 nitrogen and oxygen atoms in total. The van der Waals surface area contributed by atoms with Crippen molar-refractivity contribution < 1.29 is 13.9 Å². The van der Waals surface area contributed by atoms with Crippen LogP contribution in [0, 0.1) is 6.92 Å². The summed E-state index contributed by atoms with van der Waals surface area (Å²) >= 11 is 0. The lowest BCUT2D eigenvalue weighted by atomic mass is 10.0. The summed E-state index contributed by atoms with van der Waals surface area (Å²) in [5.41, 5.74) is 2.69. The van der Waals surface area contributed by atoms with E-state index in [1.54, 1.807) is 25.1 Å². The number of ether oxygens (including phenoxy) is 1. The standard InChI is InChI=1S/C28H28N2O4/c1-19-25(31)23-13-8-14-24(27(23)34-26(19)21-10-5-4-6-11-21)28(32)29-18-20-9-7-12-22(17-20)33-16-15-30(2)3/h4-14,17H,15-16,18H2,1-3H3,(H,29,32). The summed E-state index contributed by atoms with van der Waals surface area (Å²) in [4.78, 5) is 28.2. The third-order valence-corrected chi connectivity index (χ3v) is 5.58. The molecule has 1 heterocycles. The highest BCUT2D eigenvalue weighted by atomic mass is 16.5. The van der Waals surface area contributed by atoms with Gasteiger partial charge in [0.2, 0.25) is 0 Å². The average molecular weight is 457 g/mol. The Hall–Kier alpha value is -3.90. The number of nitrogens with one attached hydrogen (secondary N) is 1. The highest BCUT2D eigenvalue weighted by Gasteiger charge is 2.18. The normalized spacial score (nSPS) is 11.1. The number of rotatable bonds is 8. The van der Waals surface area contributed by atoms with E-state index in [1.807, 2.05) is 68.7 Å². The second kappa shape index (κ2) is 10.4.